The molecule has 3 saturated carbocycles. The van der Waals surface area contributed by atoms with Crippen molar-refractivity contribution in [2.75, 3.05) is 11.9 Å². The molecule has 1 N–H and O–H groups in total. The van der Waals surface area contributed by atoms with E-state index in [0.717, 1.165) is 36.8 Å². The third-order valence-corrected chi connectivity index (χ3v) is 5.82. The van der Waals surface area contributed by atoms with E-state index in [1.54, 1.807) is 4.52 Å². The third-order valence-electron chi connectivity index (χ3n) is 5.66. The average Bonchev–Trinajstić information content (AvgIpc) is 2.96. The van der Waals surface area contributed by atoms with Gasteiger partial charge in [0.05, 0.1) is 12.5 Å². The minimum Gasteiger partial charge on any atom is -0.466 e. The highest BCUT2D eigenvalue weighted by Gasteiger charge is 2.48. The van der Waals surface area contributed by atoms with Crippen molar-refractivity contribution in [3.63, 3.8) is 0 Å². The Labute approximate surface area is 151 Å². The van der Waals surface area contributed by atoms with Gasteiger partial charge in [-0.25, -0.2) is 4.52 Å². The number of carbonyl (C=O) groups is 1. The molecule has 3 fully saturated rings. The van der Waals surface area contributed by atoms with Gasteiger partial charge < -0.3 is 10.1 Å². The number of rotatable bonds is 4. The summed E-state index contributed by atoms with van der Waals surface area (Å²) in [7, 11) is 0. The number of aromatic nitrogens is 3. The van der Waals surface area contributed by atoms with Crippen molar-refractivity contribution in [1.29, 1.82) is 0 Å². The zero-order valence-corrected chi connectivity index (χ0v) is 15.3. The standard InChI is InChI=1S/C18H23ClN4O2/c1-3-25-17(24)14-11-4-6-12(7-5-11)15(14)20-16-13-8-10(2)9-23(13)22-18(19)21-16/h8-9,11-12,14-15H,3-7H2,1-2H3,(H,20,21,22)/t11-,12+,14-,15?/m0/s1. The highest BCUT2D eigenvalue weighted by atomic mass is 35.5. The smallest absolute Gasteiger partial charge is 0.311 e. The molecule has 25 heavy (non-hydrogen) atoms. The van der Waals surface area contributed by atoms with Gasteiger partial charge in [0.15, 0.2) is 5.82 Å². The molecule has 2 heterocycles. The molecule has 2 atom stereocenters. The van der Waals surface area contributed by atoms with Crippen LogP contribution >= 0.6 is 11.6 Å². The summed E-state index contributed by atoms with van der Waals surface area (Å²) in [5.74, 6) is 1.35. The minimum atomic E-state index is -0.114. The van der Waals surface area contributed by atoms with Gasteiger partial charge in [-0.15, -0.1) is 5.10 Å². The summed E-state index contributed by atoms with van der Waals surface area (Å²) >= 11 is 6.10. The van der Waals surface area contributed by atoms with Crippen molar-refractivity contribution in [2.45, 2.75) is 45.6 Å². The Balaban J connectivity index is 1.69. The number of carbonyl (C=O) groups excluding carboxylic acids is 1. The van der Waals surface area contributed by atoms with E-state index < -0.39 is 0 Å². The molecule has 2 aromatic rings. The summed E-state index contributed by atoms with van der Waals surface area (Å²) in [5, 5.41) is 7.96. The number of hydrogen-bond donors (Lipinski definition) is 1. The maximum atomic E-state index is 12.6. The molecule has 0 radical (unpaired) electrons. The number of nitrogens with one attached hydrogen (secondary N) is 1. The van der Waals surface area contributed by atoms with Crippen LogP contribution in [0.4, 0.5) is 5.82 Å². The lowest BCUT2D eigenvalue weighted by Gasteiger charge is -2.47. The molecule has 7 heteroatoms. The molecule has 0 aromatic carbocycles. The van der Waals surface area contributed by atoms with Crippen LogP contribution in [0.25, 0.3) is 5.52 Å². The van der Waals surface area contributed by atoms with Crippen LogP contribution in [0.2, 0.25) is 5.28 Å². The van der Waals surface area contributed by atoms with Gasteiger partial charge in [-0.3, -0.25) is 4.79 Å². The lowest BCUT2D eigenvalue weighted by atomic mass is 9.61. The maximum Gasteiger partial charge on any atom is 0.311 e. The Hall–Kier alpha value is -1.82. The van der Waals surface area contributed by atoms with Crippen LogP contribution in [0.5, 0.6) is 0 Å². The highest BCUT2D eigenvalue weighted by molar-refractivity contribution is 6.28. The van der Waals surface area contributed by atoms with Crippen molar-refractivity contribution in [3.8, 4) is 0 Å². The SMILES string of the molecule is CCOC(=O)[C@@H]1C(Nc2nc(Cl)nn3cc(C)cc23)[C@H]2CC[C@@H]1CC2. The number of hydrogen-bond acceptors (Lipinski definition) is 5. The lowest BCUT2D eigenvalue weighted by molar-refractivity contribution is -0.154. The van der Waals surface area contributed by atoms with Crippen molar-refractivity contribution < 1.29 is 9.53 Å². The molecule has 3 aliphatic rings. The van der Waals surface area contributed by atoms with Gasteiger partial charge in [-0.1, -0.05) is 0 Å². The zero-order valence-electron chi connectivity index (χ0n) is 14.5. The number of anilines is 1. The Morgan fingerprint density at radius 3 is 2.80 bits per heavy atom. The molecule has 1 unspecified atom stereocenters. The van der Waals surface area contributed by atoms with E-state index in [1.165, 1.54) is 0 Å². The van der Waals surface area contributed by atoms with Gasteiger partial charge in [0.2, 0.25) is 5.28 Å². The number of aryl methyl sites for hydroxylation is 1. The van der Waals surface area contributed by atoms with Crippen LogP contribution in [0.1, 0.15) is 38.2 Å². The Morgan fingerprint density at radius 2 is 2.08 bits per heavy atom. The fraction of sp³-hybridized carbons (Fsp3) is 0.611. The first kappa shape index (κ1) is 16.6. The fourth-order valence-corrected chi connectivity index (χ4v) is 4.77. The van der Waals surface area contributed by atoms with E-state index >= 15 is 0 Å². The van der Waals surface area contributed by atoms with E-state index in [2.05, 4.69) is 15.4 Å². The second kappa shape index (κ2) is 6.48. The van der Waals surface area contributed by atoms with Gasteiger partial charge in [-0.2, -0.15) is 4.98 Å². The first-order chi connectivity index (χ1) is 12.1. The molecule has 3 aliphatic carbocycles. The van der Waals surface area contributed by atoms with Crippen LogP contribution in [0.15, 0.2) is 12.3 Å². The van der Waals surface area contributed by atoms with Gasteiger partial charge in [-0.05, 0) is 74.6 Å². The first-order valence-electron chi connectivity index (χ1n) is 9.02. The van der Waals surface area contributed by atoms with Crippen molar-refractivity contribution in [3.05, 3.63) is 23.1 Å². The van der Waals surface area contributed by atoms with E-state index in [1.807, 2.05) is 26.1 Å². The Kier molecular flexibility index (Phi) is 4.31. The average molecular weight is 363 g/mol. The van der Waals surface area contributed by atoms with Crippen LogP contribution in [0, 0.1) is 24.7 Å². The van der Waals surface area contributed by atoms with E-state index in [9.17, 15) is 4.79 Å². The van der Waals surface area contributed by atoms with Gasteiger partial charge >= 0.3 is 5.97 Å². The molecule has 5 rings (SSSR count). The number of ether oxygens (including phenoxy) is 1. The summed E-state index contributed by atoms with van der Waals surface area (Å²) in [5.41, 5.74) is 1.97. The summed E-state index contributed by atoms with van der Waals surface area (Å²) < 4.78 is 7.12. The number of esters is 1. The second-order valence-electron chi connectivity index (χ2n) is 7.20. The molecule has 0 amide bonds. The van der Waals surface area contributed by atoms with E-state index in [4.69, 9.17) is 16.3 Å². The molecule has 0 aliphatic heterocycles. The second-order valence-corrected chi connectivity index (χ2v) is 7.54. The van der Waals surface area contributed by atoms with Gasteiger partial charge in [0.25, 0.3) is 0 Å². The number of halogens is 1. The van der Waals surface area contributed by atoms with Crippen LogP contribution < -0.4 is 5.32 Å². The molecule has 2 bridgehead atoms. The molecule has 0 saturated heterocycles. The van der Waals surface area contributed by atoms with Crippen molar-refractivity contribution in [1.82, 2.24) is 14.6 Å². The summed E-state index contributed by atoms with van der Waals surface area (Å²) in [6.07, 6.45) is 6.43. The Bertz CT molecular complexity index is 798. The molecular weight excluding hydrogens is 340 g/mol. The van der Waals surface area contributed by atoms with E-state index in [-0.39, 0.29) is 23.2 Å². The monoisotopic (exact) mass is 362 g/mol. The quantitative estimate of drug-likeness (QED) is 0.843. The molecule has 134 valence electrons. The summed E-state index contributed by atoms with van der Waals surface area (Å²) in [6.45, 7) is 4.29. The van der Waals surface area contributed by atoms with E-state index in [0.29, 0.717) is 24.3 Å². The fourth-order valence-electron chi connectivity index (χ4n) is 4.60. The normalized spacial score (nSPS) is 28.3. The molecular formula is C18H23ClN4O2. The predicted molar refractivity (Wildman–Crippen MR) is 95.7 cm³/mol. The number of nitrogens with zero attached hydrogens (tertiary/aromatic N) is 3. The summed E-state index contributed by atoms with van der Waals surface area (Å²) in [4.78, 5) is 17.0. The Morgan fingerprint density at radius 1 is 1.36 bits per heavy atom. The van der Waals surface area contributed by atoms with Crippen molar-refractivity contribution >= 4 is 28.9 Å². The predicted octanol–water partition coefficient (Wildman–Crippen LogP) is 3.47. The van der Waals surface area contributed by atoms with Crippen LogP contribution in [-0.4, -0.2) is 33.2 Å². The summed E-state index contributed by atoms with van der Waals surface area (Å²) in [6, 6.07) is 2.07. The van der Waals surface area contributed by atoms with Crippen LogP contribution in [0.3, 0.4) is 0 Å². The highest BCUT2D eigenvalue weighted by Crippen LogP contribution is 2.46. The third kappa shape index (κ3) is 2.97. The van der Waals surface area contributed by atoms with Crippen molar-refractivity contribution in [2.24, 2.45) is 17.8 Å². The lowest BCUT2D eigenvalue weighted by Crippen LogP contribution is -2.52. The number of fused-ring (bicyclic) bond motifs is 4. The topological polar surface area (TPSA) is 68.5 Å². The van der Waals surface area contributed by atoms with Gasteiger partial charge in [0, 0.05) is 12.2 Å². The molecule has 2 aromatic heterocycles. The first-order valence-corrected chi connectivity index (χ1v) is 9.40. The van der Waals surface area contributed by atoms with Gasteiger partial charge in [0.1, 0.15) is 5.52 Å². The largest absolute Gasteiger partial charge is 0.466 e. The molecule has 6 nitrogen and oxygen atoms in total. The maximum absolute atomic E-state index is 12.6. The minimum absolute atomic E-state index is 0.0384. The zero-order chi connectivity index (χ0) is 17.6. The molecule has 0 spiro atoms. The van der Waals surface area contributed by atoms with Crippen LogP contribution in [-0.2, 0) is 9.53 Å².